The Kier molecular flexibility index (Phi) is 10.2. The summed E-state index contributed by atoms with van der Waals surface area (Å²) < 4.78 is 33.7. The van der Waals surface area contributed by atoms with E-state index in [2.05, 4.69) is 52.4 Å². The third-order valence-corrected chi connectivity index (χ3v) is 6.22. The number of nitrogens with one attached hydrogen (secondary N) is 2. The van der Waals surface area contributed by atoms with Gasteiger partial charge in [-0.15, -0.1) is 0 Å². The van der Waals surface area contributed by atoms with Gasteiger partial charge in [-0.1, -0.05) is 31.5 Å². The van der Waals surface area contributed by atoms with Gasteiger partial charge in [-0.05, 0) is 43.5 Å². The number of carboxylic acids is 1. The van der Waals surface area contributed by atoms with Gasteiger partial charge in [0.05, 0.1) is 23.1 Å². The van der Waals surface area contributed by atoms with Gasteiger partial charge in [-0.3, -0.25) is 9.97 Å². The monoisotopic (exact) mass is 578 g/mol. The van der Waals surface area contributed by atoms with Crippen LogP contribution in [0.25, 0.3) is 11.2 Å². The molecule has 0 radical (unpaired) electrons. The van der Waals surface area contributed by atoms with Crippen LogP contribution in [0.15, 0.2) is 49.2 Å². The quantitative estimate of drug-likeness (QED) is 0.220. The van der Waals surface area contributed by atoms with Crippen LogP contribution < -0.4 is 10.6 Å². The molecule has 0 aliphatic heterocycles. The second-order valence-electron chi connectivity index (χ2n) is 9.19. The standard InChI is InChI=1S/C24H29ClN8.C2HF3O2/c1-5-33-14-29-21-22(30-16(4)20-9-8-18(25)12-27-20)31-24(32-23(21)33)28-13-19(15(2)3)17-7-6-10-26-11-17;3-2(4,5)1(6)7/h6-12,14-16,19H,5,13H2,1-4H3,(H2,28,30,31,32);(H,6,7)/t16-,19?;/m0./s1. The molecule has 4 rings (SSSR count). The third kappa shape index (κ3) is 8.01. The lowest BCUT2D eigenvalue weighted by Gasteiger charge is -2.22. The minimum Gasteiger partial charge on any atom is -0.475 e. The summed E-state index contributed by atoms with van der Waals surface area (Å²) in [5.41, 5.74) is 3.58. The zero-order valence-corrected chi connectivity index (χ0v) is 23.1. The minimum absolute atomic E-state index is 0.0844. The largest absolute Gasteiger partial charge is 0.490 e. The van der Waals surface area contributed by atoms with Crippen LogP contribution in [-0.2, 0) is 11.3 Å². The van der Waals surface area contributed by atoms with Crippen LogP contribution >= 0.6 is 11.6 Å². The maximum absolute atomic E-state index is 10.6. The Labute approximate surface area is 234 Å². The fraction of sp³-hybridized carbons (Fsp3) is 0.385. The van der Waals surface area contributed by atoms with E-state index in [0.717, 1.165) is 23.4 Å². The van der Waals surface area contributed by atoms with E-state index in [1.807, 2.05) is 35.9 Å². The molecule has 1 unspecified atom stereocenters. The molecule has 0 amide bonds. The lowest BCUT2D eigenvalue weighted by atomic mass is 9.89. The maximum atomic E-state index is 10.6. The number of imidazole rings is 1. The predicted molar refractivity (Wildman–Crippen MR) is 146 cm³/mol. The van der Waals surface area contributed by atoms with Crippen molar-refractivity contribution in [3.63, 3.8) is 0 Å². The number of hydrogen-bond donors (Lipinski definition) is 3. The van der Waals surface area contributed by atoms with E-state index in [1.54, 1.807) is 18.7 Å². The van der Waals surface area contributed by atoms with Crippen LogP contribution in [0.3, 0.4) is 0 Å². The van der Waals surface area contributed by atoms with Crippen molar-refractivity contribution in [1.29, 1.82) is 0 Å². The Morgan fingerprint density at radius 1 is 1.12 bits per heavy atom. The minimum atomic E-state index is -5.08. The van der Waals surface area contributed by atoms with Crippen molar-refractivity contribution >= 4 is 40.5 Å². The number of carboxylic acid groups (broad SMARTS) is 1. The zero-order valence-electron chi connectivity index (χ0n) is 22.3. The van der Waals surface area contributed by atoms with E-state index < -0.39 is 12.1 Å². The molecule has 0 fully saturated rings. The Morgan fingerprint density at radius 2 is 1.85 bits per heavy atom. The number of carbonyl (C=O) groups is 1. The van der Waals surface area contributed by atoms with Gasteiger partial charge in [0.1, 0.15) is 0 Å². The normalized spacial score (nSPS) is 12.9. The van der Waals surface area contributed by atoms with Crippen molar-refractivity contribution < 1.29 is 23.1 Å². The van der Waals surface area contributed by atoms with E-state index in [9.17, 15) is 13.2 Å². The van der Waals surface area contributed by atoms with Crippen molar-refractivity contribution in [2.75, 3.05) is 17.2 Å². The molecular weight excluding hydrogens is 549 g/mol. The maximum Gasteiger partial charge on any atom is 0.490 e. The molecule has 4 heterocycles. The topological polar surface area (TPSA) is 131 Å². The summed E-state index contributed by atoms with van der Waals surface area (Å²) in [5, 5.41) is 14.6. The first-order chi connectivity index (χ1) is 18.9. The van der Waals surface area contributed by atoms with Gasteiger partial charge in [0.2, 0.25) is 5.95 Å². The highest BCUT2D eigenvalue weighted by Crippen LogP contribution is 2.27. The van der Waals surface area contributed by atoms with Gasteiger partial charge < -0.3 is 20.3 Å². The summed E-state index contributed by atoms with van der Waals surface area (Å²) in [6.45, 7) is 9.99. The van der Waals surface area contributed by atoms with Crippen LogP contribution in [0.2, 0.25) is 5.02 Å². The molecule has 3 N–H and O–H groups in total. The summed E-state index contributed by atoms with van der Waals surface area (Å²) in [6.07, 6.45) is 2.09. The number of aromatic nitrogens is 6. The van der Waals surface area contributed by atoms with Crippen LogP contribution in [0.4, 0.5) is 24.9 Å². The lowest BCUT2D eigenvalue weighted by Crippen LogP contribution is -2.21. The smallest absolute Gasteiger partial charge is 0.475 e. The SMILES string of the molecule is CCn1cnc2c(N[C@@H](C)c3ccc(Cl)cn3)nc(NCC(c3cccnc3)C(C)C)nc21.O=C(O)C(F)(F)F. The van der Waals surface area contributed by atoms with Gasteiger partial charge in [-0.25, -0.2) is 9.78 Å². The number of aliphatic carboxylic acids is 1. The summed E-state index contributed by atoms with van der Waals surface area (Å²) in [5.74, 6) is -0.817. The van der Waals surface area contributed by atoms with Crippen LogP contribution in [-0.4, -0.2) is 53.3 Å². The van der Waals surface area contributed by atoms with Crippen molar-refractivity contribution in [2.24, 2.45) is 5.92 Å². The molecule has 14 heteroatoms. The number of aryl methyl sites for hydroxylation is 1. The van der Waals surface area contributed by atoms with Crippen molar-refractivity contribution in [3.05, 3.63) is 65.5 Å². The van der Waals surface area contributed by atoms with Crippen LogP contribution in [0.5, 0.6) is 0 Å². The lowest BCUT2D eigenvalue weighted by molar-refractivity contribution is -0.192. The summed E-state index contributed by atoms with van der Waals surface area (Å²) >= 11 is 5.99. The fourth-order valence-corrected chi connectivity index (χ4v) is 3.92. The average molecular weight is 579 g/mol. The van der Waals surface area contributed by atoms with Gasteiger partial charge >= 0.3 is 12.1 Å². The highest BCUT2D eigenvalue weighted by Gasteiger charge is 2.38. The molecule has 0 saturated carbocycles. The van der Waals surface area contributed by atoms with E-state index in [-0.39, 0.29) is 12.0 Å². The molecule has 4 aromatic heterocycles. The molecule has 40 heavy (non-hydrogen) atoms. The van der Waals surface area contributed by atoms with Crippen molar-refractivity contribution in [2.45, 2.75) is 52.4 Å². The van der Waals surface area contributed by atoms with Gasteiger partial charge in [-0.2, -0.15) is 23.1 Å². The fourth-order valence-electron chi connectivity index (χ4n) is 3.81. The molecule has 4 aromatic rings. The Balaban J connectivity index is 0.000000559. The van der Waals surface area contributed by atoms with Gasteiger partial charge in [0.15, 0.2) is 17.0 Å². The third-order valence-electron chi connectivity index (χ3n) is 5.99. The zero-order chi connectivity index (χ0) is 29.4. The predicted octanol–water partition coefficient (Wildman–Crippen LogP) is 5.95. The molecule has 0 bridgehead atoms. The number of fused-ring (bicyclic) bond motifs is 1. The van der Waals surface area contributed by atoms with E-state index in [4.69, 9.17) is 31.5 Å². The highest BCUT2D eigenvalue weighted by molar-refractivity contribution is 6.30. The number of anilines is 2. The molecular formula is C26H30ClF3N8O2. The second-order valence-corrected chi connectivity index (χ2v) is 9.62. The van der Waals surface area contributed by atoms with E-state index >= 15 is 0 Å². The highest BCUT2D eigenvalue weighted by atomic mass is 35.5. The first-order valence-electron chi connectivity index (χ1n) is 12.4. The number of nitrogens with zero attached hydrogens (tertiary/aromatic N) is 6. The average Bonchev–Trinajstić information content (AvgIpc) is 3.33. The molecule has 214 valence electrons. The number of halogens is 4. The number of hydrogen-bond acceptors (Lipinski definition) is 8. The van der Waals surface area contributed by atoms with E-state index in [0.29, 0.717) is 29.3 Å². The molecule has 0 aliphatic rings. The molecule has 0 aliphatic carbocycles. The van der Waals surface area contributed by atoms with Crippen LogP contribution in [0.1, 0.15) is 50.9 Å². The molecule has 0 saturated heterocycles. The molecule has 0 spiro atoms. The summed E-state index contributed by atoms with van der Waals surface area (Å²) in [4.78, 5) is 31.7. The van der Waals surface area contributed by atoms with Gasteiger partial charge in [0, 0.05) is 37.6 Å². The van der Waals surface area contributed by atoms with Crippen molar-refractivity contribution in [1.82, 2.24) is 29.5 Å². The Morgan fingerprint density at radius 3 is 2.40 bits per heavy atom. The number of rotatable bonds is 9. The first kappa shape index (κ1) is 30.5. The summed E-state index contributed by atoms with van der Waals surface area (Å²) in [7, 11) is 0. The Bertz CT molecular complexity index is 1400. The van der Waals surface area contributed by atoms with E-state index in [1.165, 1.54) is 5.56 Å². The molecule has 0 aromatic carbocycles. The van der Waals surface area contributed by atoms with Gasteiger partial charge in [0.25, 0.3) is 0 Å². The van der Waals surface area contributed by atoms with Crippen molar-refractivity contribution in [3.8, 4) is 0 Å². The first-order valence-corrected chi connectivity index (χ1v) is 12.8. The number of pyridine rings is 2. The molecule has 10 nitrogen and oxygen atoms in total. The second kappa shape index (κ2) is 13.4. The van der Waals surface area contributed by atoms with Crippen LogP contribution in [0, 0.1) is 5.92 Å². The summed E-state index contributed by atoms with van der Waals surface area (Å²) in [6, 6.07) is 7.74. The molecule has 2 atom stereocenters. The number of alkyl halides is 3. The Hall–Kier alpha value is -4.00.